The number of benzene rings is 4. The monoisotopic (exact) mass is 381 g/mol. The Morgan fingerprint density at radius 1 is 0.759 bits per heavy atom. The zero-order valence-corrected chi connectivity index (χ0v) is 18.3. The first-order valence-corrected chi connectivity index (χ1v) is 10.8. The van der Waals surface area contributed by atoms with Gasteiger partial charge >= 0.3 is 0 Å². The predicted molar refractivity (Wildman–Crippen MR) is 128 cm³/mol. The number of hydrogen-bond donors (Lipinski definition) is 0. The Bertz CT molecular complexity index is 1170. The lowest BCUT2D eigenvalue weighted by Gasteiger charge is -2.29. The highest BCUT2D eigenvalue weighted by molar-refractivity contribution is 6.06. The van der Waals surface area contributed by atoms with Gasteiger partial charge in [0.15, 0.2) is 0 Å². The van der Waals surface area contributed by atoms with Gasteiger partial charge in [-0.3, -0.25) is 4.90 Å². The highest BCUT2D eigenvalue weighted by Crippen LogP contribution is 2.40. The zero-order chi connectivity index (χ0) is 20.5. The van der Waals surface area contributed by atoms with Crippen LogP contribution in [0.25, 0.3) is 32.7 Å². The largest absolute Gasteiger partial charge is 0.297 e. The van der Waals surface area contributed by atoms with Crippen molar-refractivity contribution in [2.75, 3.05) is 13.1 Å². The summed E-state index contributed by atoms with van der Waals surface area (Å²) < 4.78 is 0. The number of fused-ring (bicyclic) bond motifs is 2. The summed E-state index contributed by atoms with van der Waals surface area (Å²) in [6.45, 7) is 13.5. The highest BCUT2D eigenvalue weighted by atomic mass is 15.1. The lowest BCUT2D eigenvalue weighted by Crippen LogP contribution is -2.26. The number of hydrogen-bond acceptors (Lipinski definition) is 1. The Morgan fingerprint density at radius 3 is 2.07 bits per heavy atom. The van der Waals surface area contributed by atoms with Gasteiger partial charge in [0.25, 0.3) is 0 Å². The van der Waals surface area contributed by atoms with E-state index in [9.17, 15) is 0 Å². The van der Waals surface area contributed by atoms with Crippen molar-refractivity contribution in [2.24, 2.45) is 0 Å². The van der Waals surface area contributed by atoms with E-state index in [4.69, 9.17) is 0 Å². The second-order valence-corrected chi connectivity index (χ2v) is 8.10. The second-order valence-electron chi connectivity index (χ2n) is 8.10. The number of rotatable bonds is 5. The van der Waals surface area contributed by atoms with Crippen LogP contribution in [-0.4, -0.2) is 18.0 Å². The number of nitrogens with zero attached hydrogens (tertiary/aromatic N) is 1. The molecule has 29 heavy (non-hydrogen) atoms. The molecule has 0 bridgehead atoms. The summed E-state index contributed by atoms with van der Waals surface area (Å²) in [7, 11) is 0. The summed E-state index contributed by atoms with van der Waals surface area (Å²) in [6, 6.07) is 25.1. The van der Waals surface area contributed by atoms with Gasteiger partial charge < -0.3 is 0 Å². The van der Waals surface area contributed by atoms with E-state index in [1.165, 1.54) is 49.4 Å². The van der Waals surface area contributed by atoms with E-state index in [-0.39, 0.29) is 0 Å². The van der Waals surface area contributed by atoms with Crippen LogP contribution in [-0.2, 0) is 0 Å². The van der Waals surface area contributed by atoms with E-state index in [1.807, 2.05) is 0 Å². The molecule has 1 heteroatoms. The molecule has 0 aliphatic rings. The molecule has 0 spiro atoms. The third kappa shape index (κ3) is 3.45. The fourth-order valence-electron chi connectivity index (χ4n) is 4.74. The topological polar surface area (TPSA) is 3.24 Å². The minimum Gasteiger partial charge on any atom is -0.297 e. The van der Waals surface area contributed by atoms with Crippen molar-refractivity contribution < 1.29 is 0 Å². The van der Waals surface area contributed by atoms with Crippen molar-refractivity contribution >= 4 is 21.5 Å². The van der Waals surface area contributed by atoms with Crippen LogP contribution in [0, 0.1) is 13.8 Å². The van der Waals surface area contributed by atoms with Crippen LogP contribution in [0.4, 0.5) is 0 Å². The Hall–Kier alpha value is -2.64. The molecule has 0 radical (unpaired) electrons. The van der Waals surface area contributed by atoms with E-state index < -0.39 is 0 Å². The van der Waals surface area contributed by atoms with Crippen LogP contribution in [0.2, 0.25) is 0 Å². The van der Waals surface area contributed by atoms with Gasteiger partial charge in [-0.15, -0.1) is 0 Å². The summed E-state index contributed by atoms with van der Waals surface area (Å²) in [6.07, 6.45) is 0. The summed E-state index contributed by atoms with van der Waals surface area (Å²) in [5.41, 5.74) is 6.91. The molecule has 0 fully saturated rings. The molecule has 1 atom stereocenters. The van der Waals surface area contributed by atoms with Crippen LogP contribution in [0.1, 0.15) is 43.5 Å². The maximum Gasteiger partial charge on any atom is 0.0325 e. The van der Waals surface area contributed by atoms with Gasteiger partial charge in [0.1, 0.15) is 0 Å². The molecule has 0 aliphatic heterocycles. The van der Waals surface area contributed by atoms with E-state index in [2.05, 4.69) is 106 Å². The highest BCUT2D eigenvalue weighted by Gasteiger charge is 2.19. The van der Waals surface area contributed by atoms with Gasteiger partial charge in [-0.1, -0.05) is 68.4 Å². The molecule has 0 heterocycles. The smallest absolute Gasteiger partial charge is 0.0325 e. The van der Waals surface area contributed by atoms with E-state index in [0.29, 0.717) is 6.04 Å². The van der Waals surface area contributed by atoms with Crippen LogP contribution in [0.3, 0.4) is 0 Å². The third-order valence-electron chi connectivity index (χ3n) is 6.57. The van der Waals surface area contributed by atoms with E-state index >= 15 is 0 Å². The molecule has 1 nitrogen and oxygen atoms in total. The summed E-state index contributed by atoms with van der Waals surface area (Å²) >= 11 is 0. The average molecular weight is 382 g/mol. The molecule has 4 aromatic carbocycles. The number of aryl methyl sites for hydroxylation is 1. The van der Waals surface area contributed by atoms with Crippen molar-refractivity contribution in [3.8, 4) is 11.1 Å². The fourth-order valence-corrected chi connectivity index (χ4v) is 4.74. The molecule has 0 saturated heterocycles. The van der Waals surface area contributed by atoms with Crippen molar-refractivity contribution in [2.45, 2.75) is 40.7 Å². The lowest BCUT2D eigenvalue weighted by atomic mass is 9.86. The van der Waals surface area contributed by atoms with Crippen molar-refractivity contribution in [3.63, 3.8) is 0 Å². The molecule has 0 N–H and O–H groups in total. The average Bonchev–Trinajstić information content (AvgIpc) is 2.74. The molecular formula is C28H31N. The minimum atomic E-state index is 0.386. The molecule has 1 unspecified atom stereocenters. The van der Waals surface area contributed by atoms with E-state index in [1.54, 1.807) is 0 Å². The van der Waals surface area contributed by atoms with Crippen molar-refractivity contribution in [1.29, 1.82) is 0 Å². The first-order valence-electron chi connectivity index (χ1n) is 10.8. The minimum absolute atomic E-state index is 0.386. The maximum absolute atomic E-state index is 2.53. The van der Waals surface area contributed by atoms with Gasteiger partial charge in [0.2, 0.25) is 0 Å². The van der Waals surface area contributed by atoms with Gasteiger partial charge in [-0.25, -0.2) is 0 Å². The Kier molecular flexibility index (Phi) is 5.43. The molecular weight excluding hydrogens is 350 g/mol. The van der Waals surface area contributed by atoms with Crippen molar-refractivity contribution in [3.05, 3.63) is 83.4 Å². The zero-order valence-electron chi connectivity index (χ0n) is 18.3. The molecule has 0 aromatic heterocycles. The summed E-state index contributed by atoms with van der Waals surface area (Å²) in [5.74, 6) is 0. The Labute approximate surface area is 175 Å². The fraction of sp³-hybridized carbons (Fsp3) is 0.286. The first kappa shape index (κ1) is 19.7. The molecule has 148 valence electrons. The van der Waals surface area contributed by atoms with Gasteiger partial charge in [0.05, 0.1) is 0 Å². The van der Waals surface area contributed by atoms with Gasteiger partial charge in [-0.2, -0.15) is 0 Å². The van der Waals surface area contributed by atoms with Crippen LogP contribution in [0.5, 0.6) is 0 Å². The quantitative estimate of drug-likeness (QED) is 0.320. The normalized spacial score (nSPS) is 12.8. The van der Waals surface area contributed by atoms with Gasteiger partial charge in [0, 0.05) is 6.04 Å². The SMILES string of the molecule is CCN(CC)C(C)c1ccccc1-c1c(C)c(C)cc2cc3ccccc3cc12. The van der Waals surface area contributed by atoms with E-state index in [0.717, 1.165) is 13.1 Å². The predicted octanol–water partition coefficient (Wildman–Crippen LogP) is 7.68. The van der Waals surface area contributed by atoms with Crippen LogP contribution < -0.4 is 0 Å². The molecule has 4 aromatic rings. The molecule has 0 amide bonds. The van der Waals surface area contributed by atoms with Crippen LogP contribution in [0.15, 0.2) is 66.7 Å². The first-order chi connectivity index (χ1) is 14.0. The second kappa shape index (κ2) is 8.00. The van der Waals surface area contributed by atoms with Crippen LogP contribution >= 0.6 is 0 Å². The lowest BCUT2D eigenvalue weighted by molar-refractivity contribution is 0.235. The van der Waals surface area contributed by atoms with Gasteiger partial charge in [-0.05, 0) is 95.4 Å². The van der Waals surface area contributed by atoms with Crippen molar-refractivity contribution in [1.82, 2.24) is 4.90 Å². The standard InChI is InChI=1S/C28H31N/c1-6-29(7-2)21(5)25-14-10-11-15-26(25)28-20(4)19(3)16-24-17-22-12-8-9-13-23(22)18-27(24)28/h8-18,21H,6-7H2,1-5H3. The summed E-state index contributed by atoms with van der Waals surface area (Å²) in [4.78, 5) is 2.53. The molecule has 4 rings (SSSR count). The maximum atomic E-state index is 2.53. The Balaban J connectivity index is 2.04. The molecule has 0 saturated carbocycles. The Morgan fingerprint density at radius 2 is 1.38 bits per heavy atom. The molecule has 0 aliphatic carbocycles. The summed E-state index contributed by atoms with van der Waals surface area (Å²) in [5, 5.41) is 5.29. The third-order valence-corrected chi connectivity index (χ3v) is 6.57.